The quantitative estimate of drug-likeness (QED) is 0.886. The smallest absolute Gasteiger partial charge is 0.126 e. The Balaban J connectivity index is 1.86. The Hall–Kier alpha value is -0.610. The molecule has 0 aliphatic heterocycles. The molecule has 1 aromatic rings. The van der Waals surface area contributed by atoms with Crippen LogP contribution in [0.1, 0.15) is 18.4 Å². The van der Waals surface area contributed by atoms with E-state index in [-0.39, 0.29) is 0 Å². The zero-order valence-corrected chi connectivity index (χ0v) is 10.4. The van der Waals surface area contributed by atoms with Crippen LogP contribution in [0, 0.1) is 12.8 Å². The van der Waals surface area contributed by atoms with Crippen LogP contribution in [0.5, 0.6) is 0 Å². The molecule has 0 bridgehead atoms. The molecule has 1 aromatic heterocycles. The minimum atomic E-state index is 0.427. The second-order valence-corrected chi connectivity index (χ2v) is 5.15. The Kier molecular flexibility index (Phi) is 3.26. The molecule has 2 rings (SSSR count). The van der Waals surface area contributed by atoms with E-state index in [9.17, 15) is 0 Å². The summed E-state index contributed by atoms with van der Waals surface area (Å²) in [4.78, 5) is 4.30. The largest absolute Gasteiger partial charge is 0.370 e. The SMILES string of the molecule is Cc1cc(NCC2CC(N)C2)ncc1Br. The van der Waals surface area contributed by atoms with Gasteiger partial charge >= 0.3 is 0 Å². The minimum Gasteiger partial charge on any atom is -0.370 e. The summed E-state index contributed by atoms with van der Waals surface area (Å²) in [5.74, 6) is 1.68. The highest BCUT2D eigenvalue weighted by atomic mass is 79.9. The summed E-state index contributed by atoms with van der Waals surface area (Å²) in [5, 5.41) is 3.35. The number of nitrogens with zero attached hydrogens (tertiary/aromatic N) is 1. The van der Waals surface area contributed by atoms with Crippen molar-refractivity contribution < 1.29 is 0 Å². The highest BCUT2D eigenvalue weighted by Gasteiger charge is 2.25. The van der Waals surface area contributed by atoms with Crippen molar-refractivity contribution in [3.63, 3.8) is 0 Å². The second-order valence-electron chi connectivity index (χ2n) is 4.30. The van der Waals surface area contributed by atoms with Gasteiger partial charge in [-0.1, -0.05) is 0 Å². The van der Waals surface area contributed by atoms with Gasteiger partial charge in [0.25, 0.3) is 0 Å². The molecule has 1 aliphatic carbocycles. The molecule has 3 N–H and O–H groups in total. The van der Waals surface area contributed by atoms with Crippen molar-refractivity contribution in [3.8, 4) is 0 Å². The Bertz CT molecular complexity index is 348. The Morgan fingerprint density at radius 3 is 2.93 bits per heavy atom. The average Bonchev–Trinajstić information content (AvgIpc) is 2.16. The molecule has 3 nitrogen and oxygen atoms in total. The van der Waals surface area contributed by atoms with E-state index in [2.05, 4.69) is 39.2 Å². The fourth-order valence-electron chi connectivity index (χ4n) is 1.84. The molecule has 0 aromatic carbocycles. The fourth-order valence-corrected chi connectivity index (χ4v) is 2.06. The maximum Gasteiger partial charge on any atom is 0.126 e. The van der Waals surface area contributed by atoms with E-state index in [0.717, 1.165) is 35.6 Å². The lowest BCUT2D eigenvalue weighted by molar-refractivity contribution is 0.280. The highest BCUT2D eigenvalue weighted by Crippen LogP contribution is 2.26. The first-order valence-corrected chi connectivity index (χ1v) is 6.06. The molecule has 82 valence electrons. The molecule has 15 heavy (non-hydrogen) atoms. The molecule has 0 amide bonds. The summed E-state index contributed by atoms with van der Waals surface area (Å²) in [6, 6.07) is 2.49. The third kappa shape index (κ3) is 2.69. The molecule has 0 spiro atoms. The lowest BCUT2D eigenvalue weighted by Crippen LogP contribution is -2.39. The molecule has 0 saturated heterocycles. The molecule has 1 heterocycles. The van der Waals surface area contributed by atoms with E-state index in [1.165, 1.54) is 5.56 Å². The number of aryl methyl sites for hydroxylation is 1. The molecule has 1 saturated carbocycles. The van der Waals surface area contributed by atoms with Gasteiger partial charge in [-0.15, -0.1) is 0 Å². The van der Waals surface area contributed by atoms with Crippen LogP contribution in [0.15, 0.2) is 16.7 Å². The van der Waals surface area contributed by atoms with Crippen LogP contribution < -0.4 is 11.1 Å². The summed E-state index contributed by atoms with van der Waals surface area (Å²) in [7, 11) is 0. The summed E-state index contributed by atoms with van der Waals surface area (Å²) < 4.78 is 1.05. The van der Waals surface area contributed by atoms with Gasteiger partial charge in [0.05, 0.1) is 0 Å². The van der Waals surface area contributed by atoms with Crippen molar-refractivity contribution in [1.29, 1.82) is 0 Å². The molecule has 1 aliphatic rings. The number of halogens is 1. The fraction of sp³-hybridized carbons (Fsp3) is 0.545. The number of nitrogens with one attached hydrogen (secondary N) is 1. The van der Waals surface area contributed by atoms with Gasteiger partial charge in [-0.2, -0.15) is 0 Å². The normalized spacial score (nSPS) is 24.7. The lowest BCUT2D eigenvalue weighted by atomic mass is 9.81. The third-order valence-corrected chi connectivity index (χ3v) is 3.72. The average molecular weight is 270 g/mol. The first-order valence-electron chi connectivity index (χ1n) is 5.26. The zero-order chi connectivity index (χ0) is 10.8. The van der Waals surface area contributed by atoms with Crippen molar-refractivity contribution >= 4 is 21.7 Å². The van der Waals surface area contributed by atoms with Crippen molar-refractivity contribution in [2.45, 2.75) is 25.8 Å². The number of rotatable bonds is 3. The predicted molar refractivity (Wildman–Crippen MR) is 65.9 cm³/mol. The number of hydrogen-bond donors (Lipinski definition) is 2. The molecule has 0 unspecified atom stereocenters. The maximum atomic E-state index is 5.73. The number of aromatic nitrogens is 1. The molecule has 0 radical (unpaired) electrons. The van der Waals surface area contributed by atoms with Gasteiger partial charge in [0, 0.05) is 23.3 Å². The Morgan fingerprint density at radius 2 is 2.33 bits per heavy atom. The number of hydrogen-bond acceptors (Lipinski definition) is 3. The summed E-state index contributed by atoms with van der Waals surface area (Å²) in [6.45, 7) is 3.05. The van der Waals surface area contributed by atoms with Crippen LogP contribution in [0.3, 0.4) is 0 Å². The Labute approximate surface area is 98.6 Å². The molecule has 4 heteroatoms. The van der Waals surface area contributed by atoms with Gasteiger partial charge in [-0.25, -0.2) is 4.98 Å². The van der Waals surface area contributed by atoms with Gasteiger partial charge in [-0.3, -0.25) is 0 Å². The van der Waals surface area contributed by atoms with Gasteiger partial charge in [0.2, 0.25) is 0 Å². The van der Waals surface area contributed by atoms with Gasteiger partial charge in [0.15, 0.2) is 0 Å². The first-order chi connectivity index (χ1) is 7.15. The zero-order valence-electron chi connectivity index (χ0n) is 8.83. The molecule has 1 fully saturated rings. The monoisotopic (exact) mass is 269 g/mol. The van der Waals surface area contributed by atoms with E-state index in [1.54, 1.807) is 0 Å². The van der Waals surface area contributed by atoms with Gasteiger partial charge in [-0.05, 0) is 53.2 Å². The summed E-state index contributed by atoms with van der Waals surface area (Å²) in [5.41, 5.74) is 6.94. The standard InChI is InChI=1S/C11H16BrN3/c1-7-2-11(15-6-10(7)12)14-5-8-3-9(13)4-8/h2,6,8-9H,3-5,13H2,1H3,(H,14,15). The topological polar surface area (TPSA) is 50.9 Å². The highest BCUT2D eigenvalue weighted by molar-refractivity contribution is 9.10. The Morgan fingerprint density at radius 1 is 1.60 bits per heavy atom. The van der Waals surface area contributed by atoms with Crippen molar-refractivity contribution in [3.05, 3.63) is 22.3 Å². The lowest BCUT2D eigenvalue weighted by Gasteiger charge is -2.32. The molecular formula is C11H16BrN3. The van der Waals surface area contributed by atoms with Crippen LogP contribution >= 0.6 is 15.9 Å². The first kappa shape index (κ1) is 10.9. The minimum absolute atomic E-state index is 0.427. The molecule has 0 atom stereocenters. The van der Waals surface area contributed by atoms with E-state index in [0.29, 0.717) is 6.04 Å². The van der Waals surface area contributed by atoms with E-state index in [1.807, 2.05) is 6.20 Å². The summed E-state index contributed by atoms with van der Waals surface area (Å²) in [6.07, 6.45) is 4.12. The van der Waals surface area contributed by atoms with Crippen LogP contribution in [-0.4, -0.2) is 17.6 Å². The van der Waals surface area contributed by atoms with Gasteiger partial charge in [0.1, 0.15) is 5.82 Å². The number of nitrogens with two attached hydrogens (primary N) is 1. The van der Waals surface area contributed by atoms with Crippen LogP contribution in [0.25, 0.3) is 0 Å². The van der Waals surface area contributed by atoms with E-state index >= 15 is 0 Å². The van der Waals surface area contributed by atoms with Crippen LogP contribution in [0.4, 0.5) is 5.82 Å². The second kappa shape index (κ2) is 4.49. The number of pyridine rings is 1. The number of anilines is 1. The van der Waals surface area contributed by atoms with Crippen LogP contribution in [0.2, 0.25) is 0 Å². The summed E-state index contributed by atoms with van der Waals surface area (Å²) >= 11 is 3.44. The predicted octanol–water partition coefficient (Wildman–Crippen LogP) is 2.30. The van der Waals surface area contributed by atoms with Crippen LogP contribution in [-0.2, 0) is 0 Å². The third-order valence-electron chi connectivity index (χ3n) is 2.89. The van der Waals surface area contributed by atoms with Crippen molar-refractivity contribution in [1.82, 2.24) is 4.98 Å². The molecular weight excluding hydrogens is 254 g/mol. The van der Waals surface area contributed by atoms with Crippen molar-refractivity contribution in [2.75, 3.05) is 11.9 Å². The van der Waals surface area contributed by atoms with E-state index in [4.69, 9.17) is 5.73 Å². The van der Waals surface area contributed by atoms with Gasteiger partial charge < -0.3 is 11.1 Å². The maximum absolute atomic E-state index is 5.73. The van der Waals surface area contributed by atoms with E-state index < -0.39 is 0 Å². The van der Waals surface area contributed by atoms with Crippen molar-refractivity contribution in [2.24, 2.45) is 11.7 Å².